The lowest BCUT2D eigenvalue weighted by Gasteiger charge is -2.45. The van der Waals surface area contributed by atoms with Crippen LogP contribution in [0.4, 0.5) is 13.2 Å². The third kappa shape index (κ3) is 7.12. The number of nitrogens with one attached hydrogen (secondary N) is 1. The van der Waals surface area contributed by atoms with Gasteiger partial charge < -0.3 is 10.2 Å². The van der Waals surface area contributed by atoms with Crippen LogP contribution in [-0.4, -0.2) is 59.4 Å². The second kappa shape index (κ2) is 12.6. The van der Waals surface area contributed by atoms with Gasteiger partial charge in [0.25, 0.3) is 5.91 Å². The van der Waals surface area contributed by atoms with E-state index in [4.69, 9.17) is 0 Å². The molecule has 2 atom stereocenters. The topological polar surface area (TPSA) is 52.7 Å². The normalized spacial score (nSPS) is 22.5. The van der Waals surface area contributed by atoms with Crippen molar-refractivity contribution in [1.29, 1.82) is 0 Å². The monoisotopic (exact) mass is 515 g/mol. The molecule has 0 radical (unpaired) electrons. The highest BCUT2D eigenvalue weighted by molar-refractivity contribution is 5.96. The van der Waals surface area contributed by atoms with Crippen LogP contribution in [0.25, 0.3) is 0 Å². The van der Waals surface area contributed by atoms with E-state index in [0.717, 1.165) is 37.9 Å². The number of halogens is 3. The van der Waals surface area contributed by atoms with Gasteiger partial charge in [-0.05, 0) is 56.8 Å². The molecule has 0 spiro atoms. The highest BCUT2D eigenvalue weighted by Gasteiger charge is 2.44. The minimum atomic E-state index is -4.51. The maximum absolute atomic E-state index is 12.9. The SMILES string of the molecule is O=C(NCC(=O)N1CCC2C1CCCN2C1CCCCC1)c1cccc(C(F)(F)F)c1.c1ccccc1. The third-order valence-electron chi connectivity index (χ3n) is 7.74. The number of carbonyl (C=O) groups excluding carboxylic acids is 2. The van der Waals surface area contributed by atoms with Gasteiger partial charge in [0.2, 0.25) is 5.91 Å². The number of hydrogen-bond donors (Lipinski definition) is 1. The molecule has 2 heterocycles. The highest BCUT2D eigenvalue weighted by atomic mass is 19.4. The van der Waals surface area contributed by atoms with E-state index in [9.17, 15) is 22.8 Å². The van der Waals surface area contributed by atoms with Crippen molar-refractivity contribution in [3.63, 3.8) is 0 Å². The van der Waals surface area contributed by atoms with Gasteiger partial charge in [0.15, 0.2) is 0 Å². The number of benzene rings is 2. The molecular formula is C29H36F3N3O2. The van der Waals surface area contributed by atoms with E-state index in [0.29, 0.717) is 18.6 Å². The largest absolute Gasteiger partial charge is 0.416 e. The first-order chi connectivity index (χ1) is 17.8. The molecule has 8 heteroatoms. The number of piperidine rings is 1. The van der Waals surface area contributed by atoms with Crippen LogP contribution in [0.3, 0.4) is 0 Å². The molecule has 37 heavy (non-hydrogen) atoms. The Hall–Kier alpha value is -2.87. The number of amides is 2. The predicted octanol–water partition coefficient (Wildman–Crippen LogP) is 5.52. The molecule has 3 fully saturated rings. The van der Waals surface area contributed by atoms with Crippen LogP contribution in [-0.2, 0) is 11.0 Å². The van der Waals surface area contributed by atoms with Crippen LogP contribution >= 0.6 is 0 Å². The number of nitrogens with zero attached hydrogens (tertiary/aromatic N) is 2. The van der Waals surface area contributed by atoms with Crippen molar-refractivity contribution < 1.29 is 22.8 Å². The van der Waals surface area contributed by atoms with E-state index in [1.807, 2.05) is 41.3 Å². The summed E-state index contributed by atoms with van der Waals surface area (Å²) in [5.41, 5.74) is -0.970. The van der Waals surface area contributed by atoms with Crippen LogP contribution in [0.5, 0.6) is 0 Å². The van der Waals surface area contributed by atoms with Gasteiger partial charge in [0.1, 0.15) is 0 Å². The highest BCUT2D eigenvalue weighted by Crippen LogP contribution is 2.35. The molecule has 200 valence electrons. The molecule has 5 rings (SSSR count). The average molecular weight is 516 g/mol. The molecule has 1 aliphatic carbocycles. The lowest BCUT2D eigenvalue weighted by Crippen LogP contribution is -2.55. The molecular weight excluding hydrogens is 479 g/mol. The van der Waals surface area contributed by atoms with Gasteiger partial charge in [-0.1, -0.05) is 61.7 Å². The van der Waals surface area contributed by atoms with E-state index in [2.05, 4.69) is 10.2 Å². The Balaban J connectivity index is 0.000000469. The number of alkyl halides is 3. The van der Waals surface area contributed by atoms with Gasteiger partial charge in [-0.15, -0.1) is 0 Å². The number of carbonyl (C=O) groups is 2. The molecule has 0 bridgehead atoms. The third-order valence-corrected chi connectivity index (χ3v) is 7.74. The first-order valence-corrected chi connectivity index (χ1v) is 13.4. The summed E-state index contributed by atoms with van der Waals surface area (Å²) < 4.78 is 38.6. The standard InChI is InChI=1S/C23H30F3N3O2.C6H6/c24-23(25,26)17-7-4-6-16(14-17)22(31)27-15-21(30)29-13-11-20-19(29)10-5-12-28(20)18-8-2-1-3-9-18;1-2-4-6-5-3-1/h4,6-7,14,18-20H,1-3,5,8-13,15H2,(H,27,31);1-6H. The molecule has 2 unspecified atom stereocenters. The lowest BCUT2D eigenvalue weighted by molar-refractivity contribution is -0.137. The van der Waals surface area contributed by atoms with E-state index in [1.54, 1.807) is 0 Å². The van der Waals surface area contributed by atoms with E-state index in [-0.39, 0.29) is 24.1 Å². The first-order valence-electron chi connectivity index (χ1n) is 13.4. The van der Waals surface area contributed by atoms with Gasteiger partial charge in [-0.25, -0.2) is 0 Å². The van der Waals surface area contributed by atoms with Crippen molar-refractivity contribution >= 4 is 11.8 Å². The zero-order valence-electron chi connectivity index (χ0n) is 21.1. The quantitative estimate of drug-likeness (QED) is 0.584. The van der Waals surface area contributed by atoms with Crippen molar-refractivity contribution in [3.05, 3.63) is 71.8 Å². The molecule has 2 saturated heterocycles. The first kappa shape index (κ1) is 27.2. The maximum atomic E-state index is 12.9. The zero-order chi connectivity index (χ0) is 26.3. The zero-order valence-corrected chi connectivity index (χ0v) is 21.1. The van der Waals surface area contributed by atoms with Crippen molar-refractivity contribution in [1.82, 2.24) is 15.1 Å². The van der Waals surface area contributed by atoms with Crippen LogP contribution < -0.4 is 5.32 Å². The van der Waals surface area contributed by atoms with Crippen LogP contribution in [0.15, 0.2) is 60.7 Å². The van der Waals surface area contributed by atoms with Crippen LogP contribution in [0.1, 0.15) is 67.3 Å². The Morgan fingerprint density at radius 1 is 0.811 bits per heavy atom. The van der Waals surface area contributed by atoms with Crippen molar-refractivity contribution in [2.24, 2.45) is 0 Å². The fourth-order valence-electron chi connectivity index (χ4n) is 5.98. The van der Waals surface area contributed by atoms with Crippen LogP contribution in [0.2, 0.25) is 0 Å². The Labute approximate surface area is 217 Å². The Morgan fingerprint density at radius 2 is 1.49 bits per heavy atom. The van der Waals surface area contributed by atoms with Crippen molar-refractivity contribution in [3.8, 4) is 0 Å². The van der Waals surface area contributed by atoms with E-state index < -0.39 is 17.6 Å². The lowest BCUT2D eigenvalue weighted by atomic mass is 9.88. The molecule has 1 saturated carbocycles. The van der Waals surface area contributed by atoms with Gasteiger partial charge in [0.05, 0.1) is 12.1 Å². The minimum Gasteiger partial charge on any atom is -0.343 e. The summed E-state index contributed by atoms with van der Waals surface area (Å²) in [5, 5.41) is 2.51. The average Bonchev–Trinajstić information content (AvgIpc) is 3.37. The fraction of sp³-hybridized carbons (Fsp3) is 0.517. The number of likely N-dealkylation sites (tertiary alicyclic amines) is 2. The summed E-state index contributed by atoms with van der Waals surface area (Å²) in [6, 6.07) is 17.4. The molecule has 5 nitrogen and oxygen atoms in total. The minimum absolute atomic E-state index is 0.0944. The molecule has 3 aliphatic rings. The second-order valence-corrected chi connectivity index (χ2v) is 10.1. The Morgan fingerprint density at radius 3 is 2.14 bits per heavy atom. The predicted molar refractivity (Wildman–Crippen MR) is 137 cm³/mol. The molecule has 2 amide bonds. The number of rotatable bonds is 4. The van der Waals surface area contributed by atoms with Gasteiger partial charge in [-0.3, -0.25) is 14.5 Å². The Bertz CT molecular complexity index is 998. The van der Waals surface area contributed by atoms with Gasteiger partial charge in [0, 0.05) is 30.2 Å². The van der Waals surface area contributed by atoms with Gasteiger partial charge in [-0.2, -0.15) is 13.2 Å². The summed E-state index contributed by atoms with van der Waals surface area (Å²) in [6.07, 6.45) is 4.84. The number of hydrogen-bond acceptors (Lipinski definition) is 3. The second-order valence-electron chi connectivity index (χ2n) is 10.1. The summed E-state index contributed by atoms with van der Waals surface area (Å²) in [6.45, 7) is 1.58. The molecule has 2 aromatic rings. The molecule has 2 aromatic carbocycles. The smallest absolute Gasteiger partial charge is 0.343 e. The van der Waals surface area contributed by atoms with Crippen LogP contribution in [0, 0.1) is 0 Å². The van der Waals surface area contributed by atoms with E-state index >= 15 is 0 Å². The molecule has 0 aromatic heterocycles. The molecule has 1 N–H and O–H groups in total. The van der Waals surface area contributed by atoms with Crippen molar-refractivity contribution in [2.75, 3.05) is 19.6 Å². The summed E-state index contributed by atoms with van der Waals surface area (Å²) in [7, 11) is 0. The maximum Gasteiger partial charge on any atom is 0.416 e. The van der Waals surface area contributed by atoms with E-state index in [1.165, 1.54) is 44.2 Å². The molecule has 2 aliphatic heterocycles. The summed E-state index contributed by atoms with van der Waals surface area (Å²) in [4.78, 5) is 29.7. The number of fused-ring (bicyclic) bond motifs is 1. The summed E-state index contributed by atoms with van der Waals surface area (Å²) in [5.74, 6) is -0.819. The van der Waals surface area contributed by atoms with Crippen molar-refractivity contribution in [2.45, 2.75) is 75.7 Å². The van der Waals surface area contributed by atoms with Gasteiger partial charge >= 0.3 is 6.18 Å². The fourth-order valence-corrected chi connectivity index (χ4v) is 5.98. The Kier molecular flexibility index (Phi) is 9.24. The summed E-state index contributed by atoms with van der Waals surface area (Å²) >= 11 is 0.